The summed E-state index contributed by atoms with van der Waals surface area (Å²) in [5, 5.41) is 26.0. The summed E-state index contributed by atoms with van der Waals surface area (Å²) in [6, 6.07) is 24.8. The molecule has 0 bridgehead atoms. The zero-order valence-corrected chi connectivity index (χ0v) is 38.8. The Hall–Kier alpha value is -6.84. The van der Waals surface area contributed by atoms with Crippen molar-refractivity contribution in [3.8, 4) is 27.8 Å². The smallest absolute Gasteiger partial charge is 0.242 e. The summed E-state index contributed by atoms with van der Waals surface area (Å²) in [6.07, 6.45) is 2.32. The van der Waals surface area contributed by atoms with Crippen LogP contribution in [-0.2, 0) is 26.2 Å². The number of aromatic nitrogens is 2. The van der Waals surface area contributed by atoms with Crippen molar-refractivity contribution in [2.75, 3.05) is 43.0 Å². The van der Waals surface area contributed by atoms with Crippen LogP contribution in [0.2, 0.25) is 5.02 Å². The Balaban J connectivity index is 1.02. The molecule has 0 spiro atoms. The monoisotopic (exact) mass is 923 g/mol. The van der Waals surface area contributed by atoms with Crippen LogP contribution in [0.25, 0.3) is 20.7 Å². The van der Waals surface area contributed by atoms with Gasteiger partial charge in [-0.3, -0.25) is 28.8 Å². The second-order valence-corrected chi connectivity index (χ2v) is 19.3. The first kappa shape index (κ1) is 43.1. The normalized spacial score (nSPS) is 23.7. The molecule has 0 radical (unpaired) electrons. The second kappa shape index (κ2) is 15.9. The maximum atomic E-state index is 15.5. The minimum absolute atomic E-state index is 0.116. The highest BCUT2D eigenvalue weighted by atomic mass is 35.5. The van der Waals surface area contributed by atoms with Crippen molar-refractivity contribution in [2.24, 2.45) is 46.4 Å². The number of phenols is 1. The van der Waals surface area contributed by atoms with Crippen molar-refractivity contribution in [3.63, 3.8) is 0 Å². The van der Waals surface area contributed by atoms with Crippen LogP contribution in [0.1, 0.15) is 36.8 Å². The third-order valence-corrected chi connectivity index (χ3v) is 15.6. The van der Waals surface area contributed by atoms with Crippen molar-refractivity contribution < 1.29 is 33.8 Å². The fraction of sp³-hybridized carbons (Fsp3) is 0.300. The number of amides is 4. The molecule has 6 aromatic rings. The lowest BCUT2D eigenvalue weighted by molar-refractivity contribution is -0.131. The molecule has 1 N–H and O–H groups in total. The summed E-state index contributed by atoms with van der Waals surface area (Å²) in [6.45, 7) is 3.79. The van der Waals surface area contributed by atoms with Crippen LogP contribution in [0.5, 0.6) is 17.2 Å². The van der Waals surface area contributed by atoms with Gasteiger partial charge in [0.1, 0.15) is 28.8 Å². The number of hydrogen-bond acceptors (Lipinski definition) is 12. The summed E-state index contributed by atoms with van der Waals surface area (Å²) >= 11 is 7.91. The van der Waals surface area contributed by atoms with Gasteiger partial charge in [0.25, 0.3) is 0 Å². The van der Waals surface area contributed by atoms with Gasteiger partial charge in [-0.05, 0) is 110 Å². The van der Waals surface area contributed by atoms with E-state index < -0.39 is 46.8 Å². The number of ether oxygens (including phenoxy) is 2. The third-order valence-electron chi connectivity index (χ3n) is 14.1. The fourth-order valence-corrected chi connectivity index (χ4v) is 12.1. The van der Waals surface area contributed by atoms with Gasteiger partial charge in [-0.1, -0.05) is 23.3 Å². The van der Waals surface area contributed by atoms with Gasteiger partial charge >= 0.3 is 0 Å². The van der Waals surface area contributed by atoms with E-state index in [1.165, 1.54) is 36.2 Å². The molecular weight excluding hydrogens is 878 g/mol. The molecule has 14 nitrogen and oxygen atoms in total. The summed E-state index contributed by atoms with van der Waals surface area (Å²) in [4.78, 5) is 65.3. The number of hydrogen-bond donors (Lipinski definition) is 1. The summed E-state index contributed by atoms with van der Waals surface area (Å²) < 4.78 is 14.4. The van der Waals surface area contributed by atoms with Crippen LogP contribution in [0.4, 0.5) is 28.6 Å². The maximum Gasteiger partial charge on any atom is 0.242 e. The van der Waals surface area contributed by atoms with E-state index in [0.717, 1.165) is 31.8 Å². The molecule has 4 heterocycles. The molecule has 2 saturated heterocycles. The topological polar surface area (TPSA) is 159 Å². The number of phenolic OH excluding ortho intramolecular Hbond substituents is 1. The van der Waals surface area contributed by atoms with Crippen molar-refractivity contribution in [1.29, 1.82) is 0 Å². The second-order valence-electron chi connectivity index (χ2n) is 17.8. The van der Waals surface area contributed by atoms with Crippen LogP contribution >= 0.6 is 22.9 Å². The minimum atomic E-state index is -1.43. The van der Waals surface area contributed by atoms with E-state index in [2.05, 4.69) is 10.2 Å². The molecule has 3 fully saturated rings. The predicted octanol–water partition coefficient (Wildman–Crippen LogP) is 9.90. The first-order valence-corrected chi connectivity index (χ1v) is 22.8. The molecule has 2 aliphatic heterocycles. The Kier molecular flexibility index (Phi) is 10.4. The molecule has 16 heteroatoms. The van der Waals surface area contributed by atoms with Gasteiger partial charge in [-0.15, -0.1) is 11.3 Å². The standard InChI is InChI=1S/C50H46ClN7O7S/c1-25-34-20-26(51)8-19-40(34)66-45(25)37-24-41(56(5)54-37)58-47(61)36-23-35-32(44(50(36,2)49(58)63)43-38(64-6)21-31(59)22-39(43)65-7)17-18-33-42(35)48(62)57(46(33)60)30-15-11-28(12-16-30)53-52-27-9-13-29(14-10-27)55(3)4/h8-17,19-22,24,33,35-36,42,44,59H,18,23H2,1-7H3/t33-,35+,36-,42-,44+,50+/m0/s1. The van der Waals surface area contributed by atoms with Gasteiger partial charge in [0.05, 0.1) is 59.3 Å². The number of aryl methyl sites for hydroxylation is 2. The number of anilines is 3. The van der Waals surface area contributed by atoms with Crippen molar-refractivity contribution in [3.05, 3.63) is 113 Å². The lowest BCUT2D eigenvalue weighted by Gasteiger charge is -2.49. The molecular formula is C50H46ClN7O7S. The Morgan fingerprint density at radius 3 is 2.14 bits per heavy atom. The highest BCUT2D eigenvalue weighted by molar-refractivity contribution is 7.22. The molecule has 0 unspecified atom stereocenters. The summed E-state index contributed by atoms with van der Waals surface area (Å²) in [5.41, 5.74) is 4.00. The average molecular weight is 924 g/mol. The lowest BCUT2D eigenvalue weighted by atomic mass is 9.51. The highest BCUT2D eigenvalue weighted by Crippen LogP contribution is 2.66. The average Bonchev–Trinajstić information content (AvgIpc) is 3.98. The van der Waals surface area contributed by atoms with Crippen molar-refractivity contribution in [2.45, 2.75) is 32.6 Å². The molecule has 2 aromatic heterocycles. The number of nitrogens with zero attached hydrogens (tertiary/aromatic N) is 7. The summed E-state index contributed by atoms with van der Waals surface area (Å²) in [7, 11) is 8.55. The first-order valence-electron chi connectivity index (χ1n) is 21.6. The van der Waals surface area contributed by atoms with E-state index in [-0.39, 0.29) is 41.9 Å². The number of methoxy groups -OCH3 is 2. The van der Waals surface area contributed by atoms with Gasteiger partial charge in [0, 0.05) is 66.2 Å². The van der Waals surface area contributed by atoms with E-state index >= 15 is 9.59 Å². The maximum absolute atomic E-state index is 15.5. The Bertz CT molecular complexity index is 3060. The van der Waals surface area contributed by atoms with Crippen LogP contribution in [0.3, 0.4) is 0 Å². The van der Waals surface area contributed by atoms with Crippen molar-refractivity contribution in [1.82, 2.24) is 9.78 Å². The number of rotatable bonds is 9. The first-order chi connectivity index (χ1) is 31.6. The van der Waals surface area contributed by atoms with Crippen LogP contribution in [0, 0.1) is 36.0 Å². The number of azo groups is 1. The number of imide groups is 2. The van der Waals surface area contributed by atoms with E-state index in [1.807, 2.05) is 74.5 Å². The molecule has 4 aliphatic rings. The molecule has 1 saturated carbocycles. The number of halogens is 1. The van der Waals surface area contributed by atoms with Crippen LogP contribution < -0.4 is 24.2 Å². The third kappa shape index (κ3) is 6.53. The van der Waals surface area contributed by atoms with Gasteiger partial charge < -0.3 is 19.5 Å². The molecule has 6 atom stereocenters. The molecule has 336 valence electrons. The van der Waals surface area contributed by atoms with Gasteiger partial charge in [-0.25, -0.2) is 4.90 Å². The number of carbonyl (C=O) groups is 4. The predicted molar refractivity (Wildman–Crippen MR) is 253 cm³/mol. The zero-order valence-electron chi connectivity index (χ0n) is 37.3. The number of aromatic hydroxyl groups is 1. The van der Waals surface area contributed by atoms with E-state index in [9.17, 15) is 14.7 Å². The Morgan fingerprint density at radius 2 is 1.50 bits per heavy atom. The fourth-order valence-electron chi connectivity index (χ4n) is 10.8. The van der Waals surface area contributed by atoms with Crippen molar-refractivity contribution >= 4 is 85.2 Å². The zero-order chi connectivity index (χ0) is 46.5. The SMILES string of the molecule is COc1cc(O)cc(OC)c1[C@H]1C2=CC[C@@H]3C(=O)N(c4ccc(N=Nc5ccc(N(C)C)cc5)cc4)C(=O)[C@@H]3[C@@H]2C[C@H]2C(=O)N(c3cc(-c4sc5ccc(Cl)cc5c4C)nn3C)C(=O)[C@@]12C. The number of allylic oxidation sites excluding steroid dienone is 2. The number of fused-ring (bicyclic) bond motifs is 5. The molecule has 4 amide bonds. The molecule has 4 aromatic carbocycles. The van der Waals surface area contributed by atoms with Crippen LogP contribution in [0.15, 0.2) is 107 Å². The largest absolute Gasteiger partial charge is 0.508 e. The minimum Gasteiger partial charge on any atom is -0.508 e. The van der Waals surface area contributed by atoms with E-state index in [0.29, 0.717) is 39.2 Å². The Labute approximate surface area is 389 Å². The molecule has 2 aliphatic carbocycles. The number of carbonyl (C=O) groups excluding carboxylic acids is 4. The van der Waals surface area contributed by atoms with E-state index in [1.54, 1.807) is 60.3 Å². The molecule has 66 heavy (non-hydrogen) atoms. The lowest BCUT2D eigenvalue weighted by Crippen LogP contribution is -2.49. The van der Waals surface area contributed by atoms with Gasteiger partial charge in [0.15, 0.2) is 0 Å². The summed E-state index contributed by atoms with van der Waals surface area (Å²) in [5.74, 6) is -4.87. The Morgan fingerprint density at radius 1 is 0.848 bits per heavy atom. The highest BCUT2D eigenvalue weighted by Gasteiger charge is 2.68. The van der Waals surface area contributed by atoms with Crippen LogP contribution in [-0.4, -0.2) is 66.8 Å². The van der Waals surface area contributed by atoms with E-state index in [4.69, 9.17) is 26.2 Å². The number of thiophene rings is 1. The number of benzene rings is 4. The van der Waals surface area contributed by atoms with Gasteiger partial charge in [-0.2, -0.15) is 15.3 Å². The molecule has 10 rings (SSSR count). The van der Waals surface area contributed by atoms with Gasteiger partial charge in [0.2, 0.25) is 23.6 Å². The quantitative estimate of drug-likeness (QED) is 0.0846.